The van der Waals surface area contributed by atoms with Gasteiger partial charge in [0.25, 0.3) is 0 Å². The molecular formula is C33H28Cl2N2O5. The summed E-state index contributed by atoms with van der Waals surface area (Å²) in [4.78, 5) is 27.3. The van der Waals surface area contributed by atoms with Gasteiger partial charge in [0.2, 0.25) is 5.91 Å². The molecule has 3 aromatic carbocycles. The minimum Gasteiger partial charge on any atom is -0.489 e. The number of hydrogen-bond acceptors (Lipinski definition) is 5. The summed E-state index contributed by atoms with van der Waals surface area (Å²) in [6.45, 7) is 0.528. The molecule has 0 bridgehead atoms. The van der Waals surface area contributed by atoms with Gasteiger partial charge in [0.05, 0.1) is 33.1 Å². The van der Waals surface area contributed by atoms with Crippen molar-refractivity contribution in [3.8, 4) is 17.0 Å². The molecule has 1 amide bonds. The summed E-state index contributed by atoms with van der Waals surface area (Å²) in [5.74, 6) is 0.843. The van der Waals surface area contributed by atoms with Crippen LogP contribution in [-0.4, -0.2) is 22.1 Å². The number of carbonyl (C=O) groups is 2. The lowest BCUT2D eigenvalue weighted by Crippen LogP contribution is -2.38. The number of halogens is 2. The van der Waals surface area contributed by atoms with Crippen molar-refractivity contribution in [1.29, 1.82) is 0 Å². The molecule has 1 spiro atoms. The molecule has 1 aromatic heterocycles. The van der Waals surface area contributed by atoms with E-state index in [1.54, 1.807) is 41.3 Å². The summed E-state index contributed by atoms with van der Waals surface area (Å²) in [7, 11) is 0. The van der Waals surface area contributed by atoms with Gasteiger partial charge < -0.3 is 19.3 Å². The van der Waals surface area contributed by atoms with Crippen molar-refractivity contribution in [3.05, 3.63) is 98.7 Å². The number of aromatic carboxylic acids is 1. The highest BCUT2D eigenvalue weighted by molar-refractivity contribution is 6.39. The van der Waals surface area contributed by atoms with Crippen LogP contribution in [0.5, 0.6) is 5.75 Å². The molecule has 2 aliphatic carbocycles. The molecule has 214 valence electrons. The quantitative estimate of drug-likeness (QED) is 0.219. The zero-order valence-corrected chi connectivity index (χ0v) is 24.3. The van der Waals surface area contributed by atoms with Crippen molar-refractivity contribution in [3.63, 3.8) is 0 Å². The molecule has 7 rings (SSSR count). The molecule has 7 nitrogen and oxygen atoms in total. The predicted molar refractivity (Wildman–Crippen MR) is 159 cm³/mol. The van der Waals surface area contributed by atoms with Gasteiger partial charge in [-0.25, -0.2) is 4.79 Å². The van der Waals surface area contributed by atoms with Crippen LogP contribution in [0.1, 0.15) is 77.3 Å². The Hall–Kier alpha value is -3.81. The first-order chi connectivity index (χ1) is 20.4. The van der Waals surface area contributed by atoms with Gasteiger partial charge >= 0.3 is 5.97 Å². The highest BCUT2D eigenvalue weighted by Gasteiger charge is 2.52. The van der Waals surface area contributed by atoms with E-state index in [-0.39, 0.29) is 18.1 Å². The van der Waals surface area contributed by atoms with Crippen molar-refractivity contribution in [2.75, 3.05) is 4.90 Å². The number of carboxylic acid groups (broad SMARTS) is 1. The number of carboxylic acids is 1. The molecule has 2 heterocycles. The summed E-state index contributed by atoms with van der Waals surface area (Å²) in [6.07, 6.45) is 5.58. The van der Waals surface area contributed by atoms with Crippen molar-refractivity contribution >= 4 is 40.8 Å². The number of carbonyl (C=O) groups excluding carboxylic acids is 1. The van der Waals surface area contributed by atoms with E-state index in [0.29, 0.717) is 39.5 Å². The summed E-state index contributed by atoms with van der Waals surface area (Å²) >= 11 is 13.1. The molecular weight excluding hydrogens is 575 g/mol. The van der Waals surface area contributed by atoms with Crippen LogP contribution in [0, 0.1) is 0 Å². The summed E-state index contributed by atoms with van der Waals surface area (Å²) in [5.41, 5.74) is 4.26. The maximum absolute atomic E-state index is 14.0. The second-order valence-corrected chi connectivity index (χ2v) is 12.2. The Balaban J connectivity index is 1.21. The highest BCUT2D eigenvalue weighted by Crippen LogP contribution is 2.53. The Morgan fingerprint density at radius 2 is 1.79 bits per heavy atom. The van der Waals surface area contributed by atoms with E-state index >= 15 is 0 Å². The Morgan fingerprint density at radius 3 is 2.50 bits per heavy atom. The first-order valence-electron chi connectivity index (χ1n) is 14.2. The third-order valence-electron chi connectivity index (χ3n) is 8.75. The number of fused-ring (bicyclic) bond motifs is 2. The predicted octanol–water partition coefficient (Wildman–Crippen LogP) is 8.16. The molecule has 0 saturated heterocycles. The van der Waals surface area contributed by atoms with Crippen LogP contribution < -0.4 is 9.64 Å². The Kier molecular flexibility index (Phi) is 6.75. The summed E-state index contributed by atoms with van der Waals surface area (Å²) < 4.78 is 12.2. The molecule has 3 aliphatic rings. The first-order valence-corrected chi connectivity index (χ1v) is 15.0. The molecule has 4 aromatic rings. The minimum atomic E-state index is -0.989. The number of ether oxygens (including phenoxy) is 1. The van der Waals surface area contributed by atoms with Crippen LogP contribution >= 0.6 is 23.2 Å². The van der Waals surface area contributed by atoms with Crippen LogP contribution in [0.3, 0.4) is 0 Å². The Morgan fingerprint density at radius 1 is 1.05 bits per heavy atom. The molecule has 0 unspecified atom stereocenters. The van der Waals surface area contributed by atoms with E-state index in [4.69, 9.17) is 32.5 Å². The number of anilines is 1. The monoisotopic (exact) mass is 602 g/mol. The standard InChI is InChI=1S/C33H28Cl2N2O5/c34-25-7-4-8-26(35)28(25)29-23(30(42-36-29)20-9-10-20)18-41-22-11-12-27-24(16-22)33(13-1-2-14-33)32(40)37(27)17-19-5-3-6-21(15-19)31(38)39/h3-8,11-12,15-16,20H,1-2,9-10,13-14,17-18H2,(H,38,39). The van der Waals surface area contributed by atoms with Gasteiger partial charge in [-0.2, -0.15) is 0 Å². The molecule has 42 heavy (non-hydrogen) atoms. The zero-order valence-electron chi connectivity index (χ0n) is 22.7. The SMILES string of the molecule is O=C(O)c1cccc(CN2C(=O)C3(CCCC3)c3cc(OCc4c(-c5c(Cl)cccc5Cl)noc4C4CC4)ccc32)c1. The molecule has 2 saturated carbocycles. The van der Waals surface area contributed by atoms with E-state index in [2.05, 4.69) is 5.16 Å². The van der Waals surface area contributed by atoms with E-state index in [0.717, 1.165) is 66.7 Å². The van der Waals surface area contributed by atoms with Gasteiger partial charge in [0.15, 0.2) is 0 Å². The van der Waals surface area contributed by atoms with Crippen LogP contribution in [0.15, 0.2) is 65.2 Å². The molecule has 0 atom stereocenters. The average Bonchev–Trinajstić information content (AvgIpc) is 3.47. The van der Waals surface area contributed by atoms with Gasteiger partial charge in [-0.1, -0.05) is 59.4 Å². The van der Waals surface area contributed by atoms with Gasteiger partial charge in [0.1, 0.15) is 23.8 Å². The van der Waals surface area contributed by atoms with Gasteiger partial charge in [-0.15, -0.1) is 0 Å². The second kappa shape index (κ2) is 10.5. The fourth-order valence-corrected chi connectivity index (χ4v) is 7.09. The minimum absolute atomic E-state index is 0.0681. The maximum Gasteiger partial charge on any atom is 0.335 e. The third-order valence-corrected chi connectivity index (χ3v) is 9.38. The van der Waals surface area contributed by atoms with E-state index in [1.165, 1.54) is 0 Å². The number of hydrogen-bond donors (Lipinski definition) is 1. The summed E-state index contributed by atoms with van der Waals surface area (Å²) in [6, 6.07) is 17.9. The molecule has 9 heteroatoms. The van der Waals surface area contributed by atoms with Crippen LogP contribution in [0.4, 0.5) is 5.69 Å². The van der Waals surface area contributed by atoms with Gasteiger partial charge in [-0.3, -0.25) is 4.79 Å². The lowest BCUT2D eigenvalue weighted by atomic mass is 9.80. The third kappa shape index (κ3) is 4.56. The van der Waals surface area contributed by atoms with E-state index in [1.807, 2.05) is 24.3 Å². The van der Waals surface area contributed by atoms with Gasteiger partial charge in [-0.05, 0) is 79.3 Å². The molecule has 1 aliphatic heterocycles. The number of aromatic nitrogens is 1. The smallest absolute Gasteiger partial charge is 0.335 e. The van der Waals surface area contributed by atoms with E-state index in [9.17, 15) is 14.7 Å². The highest BCUT2D eigenvalue weighted by atomic mass is 35.5. The normalized spacial score (nSPS) is 17.2. The fraction of sp³-hybridized carbons (Fsp3) is 0.303. The summed E-state index contributed by atoms with van der Waals surface area (Å²) in [5, 5.41) is 14.8. The van der Waals surface area contributed by atoms with Crippen LogP contribution in [0.25, 0.3) is 11.3 Å². The number of rotatable bonds is 8. The molecule has 0 radical (unpaired) electrons. The topological polar surface area (TPSA) is 92.9 Å². The first kappa shape index (κ1) is 27.0. The largest absolute Gasteiger partial charge is 0.489 e. The van der Waals surface area contributed by atoms with Crippen molar-refractivity contribution in [1.82, 2.24) is 5.16 Å². The maximum atomic E-state index is 14.0. The lowest BCUT2D eigenvalue weighted by molar-refractivity contribution is -0.123. The zero-order chi connectivity index (χ0) is 29.0. The average molecular weight is 604 g/mol. The number of benzene rings is 3. The second-order valence-electron chi connectivity index (χ2n) is 11.4. The molecule has 2 fully saturated rings. The molecule has 1 N–H and O–H groups in total. The van der Waals surface area contributed by atoms with Crippen molar-refractivity contribution in [2.45, 2.75) is 63.0 Å². The fourth-order valence-electron chi connectivity index (χ4n) is 6.51. The number of nitrogens with zero attached hydrogens (tertiary/aromatic N) is 2. The van der Waals surface area contributed by atoms with Crippen LogP contribution in [0.2, 0.25) is 10.0 Å². The Bertz CT molecular complexity index is 1700. The van der Waals surface area contributed by atoms with Crippen molar-refractivity contribution < 1.29 is 24.0 Å². The lowest BCUT2D eigenvalue weighted by Gasteiger charge is -2.23. The number of amides is 1. The van der Waals surface area contributed by atoms with Crippen molar-refractivity contribution in [2.24, 2.45) is 0 Å². The van der Waals surface area contributed by atoms with Crippen LogP contribution in [-0.2, 0) is 23.4 Å². The van der Waals surface area contributed by atoms with E-state index < -0.39 is 11.4 Å². The van der Waals surface area contributed by atoms with Gasteiger partial charge in [0, 0.05) is 17.2 Å². The Labute approximate surface area is 253 Å².